The third-order valence-corrected chi connectivity index (χ3v) is 6.11. The van der Waals surface area contributed by atoms with Gasteiger partial charge in [-0.2, -0.15) is 4.31 Å². The van der Waals surface area contributed by atoms with Crippen LogP contribution in [-0.4, -0.2) is 61.2 Å². The van der Waals surface area contributed by atoms with Crippen LogP contribution in [0.5, 0.6) is 0 Å². The third kappa shape index (κ3) is 6.28. The average Bonchev–Trinajstić information content (AvgIpc) is 3.13. The molecule has 1 aliphatic heterocycles. The van der Waals surface area contributed by atoms with Gasteiger partial charge in [0.25, 0.3) is 5.92 Å². The molecule has 0 spiro atoms. The van der Waals surface area contributed by atoms with Crippen LogP contribution in [0.4, 0.5) is 8.78 Å². The van der Waals surface area contributed by atoms with Gasteiger partial charge in [0.1, 0.15) is 0 Å². The second-order valence-electron chi connectivity index (χ2n) is 7.45. The molecule has 0 aliphatic carbocycles. The molecule has 2 aromatic rings. The number of halogens is 2. The Balaban J connectivity index is 1.71. The number of nitrogens with zero attached hydrogens (tertiary/aromatic N) is 3. The number of carbonyl (C=O) groups is 1. The molecule has 0 saturated carbocycles. The first-order chi connectivity index (χ1) is 14.8. The highest BCUT2D eigenvalue weighted by molar-refractivity contribution is 7.69. The van der Waals surface area contributed by atoms with Gasteiger partial charge in [-0.1, -0.05) is 30.3 Å². The fraction of sp³-hybridized carbons (Fsp3) is 0.429. The minimum atomic E-state index is -2.91. The van der Waals surface area contributed by atoms with Crippen molar-refractivity contribution in [2.24, 2.45) is 0 Å². The Morgan fingerprint density at radius 3 is 2.55 bits per heavy atom. The minimum absolute atomic E-state index is 0.0256. The SMILES string of the molecule is COC(=O)c1ccc(CN(CCC(c2ccccc2)N2CCC(F)(F)C2)[SH](=O)=O)nc1. The lowest BCUT2D eigenvalue weighted by Gasteiger charge is -2.29. The zero-order chi connectivity index (χ0) is 22.4. The molecule has 1 atom stereocenters. The molecule has 1 fully saturated rings. The van der Waals surface area contributed by atoms with Gasteiger partial charge in [-0.25, -0.2) is 22.0 Å². The van der Waals surface area contributed by atoms with Crippen LogP contribution in [0.25, 0.3) is 0 Å². The van der Waals surface area contributed by atoms with Crippen LogP contribution < -0.4 is 0 Å². The van der Waals surface area contributed by atoms with Gasteiger partial charge in [-0.05, 0) is 24.1 Å². The highest BCUT2D eigenvalue weighted by Crippen LogP contribution is 2.35. The summed E-state index contributed by atoms with van der Waals surface area (Å²) in [5.74, 6) is -3.26. The molecule has 31 heavy (non-hydrogen) atoms. The zero-order valence-electron chi connectivity index (χ0n) is 17.1. The predicted molar refractivity (Wildman–Crippen MR) is 111 cm³/mol. The molecule has 1 unspecified atom stereocenters. The first kappa shape index (κ1) is 23.2. The zero-order valence-corrected chi connectivity index (χ0v) is 18.0. The van der Waals surface area contributed by atoms with Gasteiger partial charge in [0.2, 0.25) is 10.9 Å². The van der Waals surface area contributed by atoms with E-state index in [1.807, 2.05) is 30.3 Å². The summed E-state index contributed by atoms with van der Waals surface area (Å²) >= 11 is 0. The van der Waals surface area contributed by atoms with Crippen molar-refractivity contribution in [3.05, 3.63) is 65.5 Å². The summed E-state index contributed by atoms with van der Waals surface area (Å²) in [5, 5.41) is 0. The van der Waals surface area contributed by atoms with Gasteiger partial charge >= 0.3 is 5.97 Å². The lowest BCUT2D eigenvalue weighted by Crippen LogP contribution is -2.33. The van der Waals surface area contributed by atoms with E-state index in [2.05, 4.69) is 9.72 Å². The number of hydrogen-bond acceptors (Lipinski definition) is 6. The third-order valence-electron chi connectivity index (χ3n) is 5.31. The Hall–Kier alpha value is -2.43. The van der Waals surface area contributed by atoms with Crippen LogP contribution in [0.1, 0.15) is 40.5 Å². The van der Waals surface area contributed by atoms with Crippen LogP contribution in [0, 0.1) is 0 Å². The molecule has 1 aromatic carbocycles. The molecular weight excluding hydrogens is 428 g/mol. The van der Waals surface area contributed by atoms with Crippen molar-refractivity contribution in [1.82, 2.24) is 14.2 Å². The van der Waals surface area contributed by atoms with Crippen molar-refractivity contribution in [3.63, 3.8) is 0 Å². The Morgan fingerprint density at radius 1 is 1.26 bits per heavy atom. The summed E-state index contributed by atoms with van der Waals surface area (Å²) < 4.78 is 57.1. The molecule has 1 aromatic heterocycles. The van der Waals surface area contributed by atoms with Crippen molar-refractivity contribution in [3.8, 4) is 0 Å². The number of benzene rings is 1. The van der Waals surface area contributed by atoms with E-state index in [0.29, 0.717) is 12.1 Å². The largest absolute Gasteiger partial charge is 0.465 e. The van der Waals surface area contributed by atoms with Crippen LogP contribution in [-0.2, 0) is 22.2 Å². The molecule has 168 valence electrons. The van der Waals surface area contributed by atoms with Crippen LogP contribution >= 0.6 is 0 Å². The van der Waals surface area contributed by atoms with Gasteiger partial charge in [0.15, 0.2) is 0 Å². The highest BCUT2D eigenvalue weighted by atomic mass is 32.2. The Labute approximate surface area is 181 Å². The first-order valence-electron chi connectivity index (χ1n) is 9.88. The van der Waals surface area contributed by atoms with Crippen molar-refractivity contribution in [2.45, 2.75) is 31.4 Å². The molecule has 10 heteroatoms. The second-order valence-corrected chi connectivity index (χ2v) is 8.49. The van der Waals surface area contributed by atoms with Gasteiger partial charge in [0.05, 0.1) is 31.5 Å². The second kappa shape index (κ2) is 10.3. The molecule has 0 bridgehead atoms. The minimum Gasteiger partial charge on any atom is -0.465 e. The maximum Gasteiger partial charge on any atom is 0.339 e. The van der Waals surface area contributed by atoms with Crippen LogP contribution in [0.15, 0.2) is 48.7 Å². The summed E-state index contributed by atoms with van der Waals surface area (Å²) in [6.07, 6.45) is 1.49. The summed E-state index contributed by atoms with van der Waals surface area (Å²) in [6.45, 7) is 0.0951. The van der Waals surface area contributed by atoms with E-state index in [1.54, 1.807) is 11.0 Å². The van der Waals surface area contributed by atoms with Gasteiger partial charge in [-0.3, -0.25) is 9.88 Å². The average molecular weight is 454 g/mol. The lowest BCUT2D eigenvalue weighted by atomic mass is 10.0. The van der Waals surface area contributed by atoms with E-state index in [0.717, 1.165) is 5.56 Å². The Kier molecular flexibility index (Phi) is 7.69. The number of ether oxygens (including phenoxy) is 1. The van der Waals surface area contributed by atoms with Crippen molar-refractivity contribution >= 4 is 16.9 Å². The maximum absolute atomic E-state index is 13.8. The van der Waals surface area contributed by atoms with Crippen LogP contribution in [0.2, 0.25) is 0 Å². The Bertz CT molecular complexity index is 947. The molecule has 3 rings (SSSR count). The van der Waals surface area contributed by atoms with Crippen molar-refractivity contribution < 1.29 is 26.7 Å². The summed E-state index contributed by atoms with van der Waals surface area (Å²) in [6, 6.07) is 12.0. The number of esters is 1. The molecule has 1 aliphatic rings. The van der Waals surface area contributed by atoms with E-state index < -0.39 is 22.8 Å². The fourth-order valence-electron chi connectivity index (χ4n) is 3.70. The van der Waals surface area contributed by atoms with Crippen molar-refractivity contribution in [2.75, 3.05) is 26.7 Å². The van der Waals surface area contributed by atoms with E-state index in [9.17, 15) is 22.0 Å². The number of methoxy groups -OCH3 is 1. The molecule has 0 radical (unpaired) electrons. The normalized spacial score (nSPS) is 17.2. The Morgan fingerprint density at radius 2 is 2.00 bits per heavy atom. The maximum atomic E-state index is 13.8. The number of rotatable bonds is 9. The molecule has 1 saturated heterocycles. The molecule has 2 heterocycles. The number of carbonyl (C=O) groups excluding carboxylic acids is 1. The fourth-order valence-corrected chi connectivity index (χ4v) is 4.24. The lowest BCUT2D eigenvalue weighted by molar-refractivity contribution is 0.00674. The summed E-state index contributed by atoms with van der Waals surface area (Å²) in [5.41, 5.74) is 1.61. The topological polar surface area (TPSA) is 79.8 Å². The van der Waals surface area contributed by atoms with Gasteiger partial charge < -0.3 is 4.74 Å². The molecule has 0 N–H and O–H groups in total. The highest BCUT2D eigenvalue weighted by Gasteiger charge is 2.41. The van der Waals surface area contributed by atoms with Gasteiger partial charge in [0, 0.05) is 31.7 Å². The first-order valence-corrected chi connectivity index (χ1v) is 11.0. The number of pyridine rings is 1. The smallest absolute Gasteiger partial charge is 0.339 e. The number of aromatic nitrogens is 1. The number of likely N-dealkylation sites (tertiary alicyclic amines) is 1. The van der Waals surface area contributed by atoms with Gasteiger partial charge in [-0.15, -0.1) is 0 Å². The van der Waals surface area contributed by atoms with Crippen molar-refractivity contribution in [1.29, 1.82) is 0 Å². The summed E-state index contributed by atoms with van der Waals surface area (Å²) in [7, 11) is -1.64. The monoisotopic (exact) mass is 453 g/mol. The molecular formula is C21H25F2N3O4S. The number of thiol groups is 1. The number of alkyl halides is 2. The van der Waals surface area contributed by atoms with E-state index >= 15 is 0 Å². The predicted octanol–water partition coefficient (Wildman–Crippen LogP) is 2.67. The van der Waals surface area contributed by atoms with Crippen LogP contribution in [0.3, 0.4) is 0 Å². The van der Waals surface area contributed by atoms with E-state index in [4.69, 9.17) is 0 Å². The molecule has 7 nitrogen and oxygen atoms in total. The van der Waals surface area contributed by atoms with E-state index in [1.165, 1.54) is 23.7 Å². The quantitative estimate of drug-likeness (QED) is 0.465. The number of hydrogen-bond donors (Lipinski definition) is 1. The standard InChI is InChI=1S/C21H25F2N3O4S/c1-30-20(27)17-7-8-18(24-13-17)14-26(31(28)29)11-9-19(16-5-3-2-4-6-16)25-12-10-21(22,23)15-25/h2-8,13,19,31H,9-12,14-15H2,1H3. The van der Waals surface area contributed by atoms with E-state index in [-0.39, 0.29) is 44.2 Å². The molecule has 0 amide bonds. The summed E-state index contributed by atoms with van der Waals surface area (Å²) in [4.78, 5) is 17.4.